The van der Waals surface area contributed by atoms with E-state index in [0.29, 0.717) is 18.5 Å². The van der Waals surface area contributed by atoms with E-state index in [1.807, 2.05) is 0 Å². The summed E-state index contributed by atoms with van der Waals surface area (Å²) in [7, 11) is 0. The molecule has 1 amide bonds. The van der Waals surface area contributed by atoms with Gasteiger partial charge in [0.2, 0.25) is 5.91 Å². The van der Waals surface area contributed by atoms with Gasteiger partial charge in [0.1, 0.15) is 11.6 Å². The first kappa shape index (κ1) is 15.9. The first-order valence-corrected chi connectivity index (χ1v) is 7.54. The molecule has 21 heavy (non-hydrogen) atoms. The minimum atomic E-state index is -0.595. The lowest BCUT2D eigenvalue weighted by Crippen LogP contribution is -2.41. The largest absolute Gasteiger partial charge is 0.355 e. The molecule has 1 aromatic rings. The zero-order valence-corrected chi connectivity index (χ0v) is 12.1. The Morgan fingerprint density at radius 3 is 2.52 bits per heavy atom. The molecule has 5 heteroatoms. The number of halogens is 2. The third kappa shape index (κ3) is 4.77. The second kappa shape index (κ2) is 7.50. The smallest absolute Gasteiger partial charge is 0.224 e. The predicted octanol–water partition coefficient (Wildman–Crippen LogP) is 2.53. The van der Waals surface area contributed by atoms with Crippen LogP contribution in [0, 0.1) is 17.6 Å². The highest BCUT2D eigenvalue weighted by Crippen LogP contribution is 2.22. The first-order valence-electron chi connectivity index (χ1n) is 7.54. The summed E-state index contributed by atoms with van der Waals surface area (Å²) in [6, 6.07) is 3.32. The molecule has 0 aromatic heterocycles. The number of amides is 1. The van der Waals surface area contributed by atoms with Crippen molar-refractivity contribution in [1.82, 2.24) is 5.32 Å². The minimum Gasteiger partial charge on any atom is -0.355 e. The number of benzene rings is 1. The number of nitrogens with one attached hydrogen (secondary N) is 1. The maximum Gasteiger partial charge on any atom is 0.224 e. The molecule has 1 fully saturated rings. The third-order valence-corrected chi connectivity index (χ3v) is 4.04. The van der Waals surface area contributed by atoms with Crippen LogP contribution in [0.2, 0.25) is 0 Å². The Morgan fingerprint density at radius 2 is 1.81 bits per heavy atom. The Morgan fingerprint density at radius 1 is 1.14 bits per heavy atom. The van der Waals surface area contributed by atoms with E-state index in [1.54, 1.807) is 0 Å². The Balaban J connectivity index is 1.83. The quantitative estimate of drug-likeness (QED) is 0.839. The van der Waals surface area contributed by atoms with Gasteiger partial charge in [0.25, 0.3) is 0 Å². The van der Waals surface area contributed by atoms with Crippen molar-refractivity contribution in [1.29, 1.82) is 0 Å². The Kier molecular flexibility index (Phi) is 5.67. The van der Waals surface area contributed by atoms with Crippen molar-refractivity contribution in [2.24, 2.45) is 11.7 Å². The summed E-state index contributed by atoms with van der Waals surface area (Å²) >= 11 is 0. The summed E-state index contributed by atoms with van der Waals surface area (Å²) in [5.74, 6) is -1.37. The second-order valence-corrected chi connectivity index (χ2v) is 5.73. The van der Waals surface area contributed by atoms with E-state index < -0.39 is 11.6 Å². The third-order valence-electron chi connectivity index (χ3n) is 4.04. The highest BCUT2D eigenvalue weighted by Gasteiger charge is 2.26. The molecule has 0 bridgehead atoms. The van der Waals surface area contributed by atoms with Gasteiger partial charge in [-0.2, -0.15) is 0 Å². The number of nitrogens with two attached hydrogens (primary N) is 1. The number of rotatable bonds is 4. The fraction of sp³-hybridized carbons (Fsp3) is 0.562. The number of hydrogen-bond acceptors (Lipinski definition) is 2. The summed E-state index contributed by atoms with van der Waals surface area (Å²) in [4.78, 5) is 12.1. The standard InChI is InChI=1S/C16H22F2N2O/c17-12-8-11(9-13(18)10-12)6-7-20-16(21)14-4-2-1-3-5-15(14)19/h8-10,14-15H,1-7,19H2,(H,20,21). The molecule has 1 aromatic carbocycles. The van der Waals surface area contributed by atoms with E-state index in [2.05, 4.69) is 5.32 Å². The molecular weight excluding hydrogens is 274 g/mol. The van der Waals surface area contributed by atoms with Crippen LogP contribution in [0.4, 0.5) is 8.78 Å². The van der Waals surface area contributed by atoms with Crippen molar-refractivity contribution < 1.29 is 13.6 Å². The average Bonchev–Trinajstić information content (AvgIpc) is 2.62. The summed E-state index contributed by atoms with van der Waals surface area (Å²) in [5, 5.41) is 2.83. The van der Waals surface area contributed by atoms with Gasteiger partial charge in [-0.15, -0.1) is 0 Å². The van der Waals surface area contributed by atoms with Crippen molar-refractivity contribution in [3.8, 4) is 0 Å². The Labute approximate surface area is 123 Å². The minimum absolute atomic E-state index is 0.0405. The number of hydrogen-bond donors (Lipinski definition) is 2. The van der Waals surface area contributed by atoms with Gasteiger partial charge in [-0.3, -0.25) is 4.79 Å². The molecule has 0 spiro atoms. The Bertz CT molecular complexity index is 473. The van der Waals surface area contributed by atoms with Crippen molar-refractivity contribution in [2.45, 2.75) is 44.6 Å². The second-order valence-electron chi connectivity index (χ2n) is 5.73. The van der Waals surface area contributed by atoms with Crippen LogP contribution in [0.3, 0.4) is 0 Å². The van der Waals surface area contributed by atoms with Gasteiger partial charge in [0.05, 0.1) is 5.92 Å². The van der Waals surface area contributed by atoms with E-state index >= 15 is 0 Å². The van der Waals surface area contributed by atoms with Crippen LogP contribution in [0.15, 0.2) is 18.2 Å². The molecule has 2 unspecified atom stereocenters. The van der Waals surface area contributed by atoms with Gasteiger partial charge in [0.15, 0.2) is 0 Å². The highest BCUT2D eigenvalue weighted by molar-refractivity contribution is 5.79. The molecule has 2 atom stereocenters. The molecule has 3 nitrogen and oxygen atoms in total. The molecule has 1 aliphatic rings. The highest BCUT2D eigenvalue weighted by atomic mass is 19.1. The van der Waals surface area contributed by atoms with Gasteiger partial charge >= 0.3 is 0 Å². The average molecular weight is 296 g/mol. The van der Waals surface area contributed by atoms with Crippen molar-refractivity contribution in [3.05, 3.63) is 35.4 Å². The van der Waals surface area contributed by atoms with Gasteiger partial charge in [-0.05, 0) is 37.0 Å². The molecule has 0 saturated heterocycles. The maximum atomic E-state index is 13.1. The zero-order chi connectivity index (χ0) is 15.2. The lowest BCUT2D eigenvalue weighted by atomic mass is 9.94. The number of carbonyl (C=O) groups is 1. The van der Waals surface area contributed by atoms with Crippen LogP contribution >= 0.6 is 0 Å². The van der Waals surface area contributed by atoms with Gasteiger partial charge in [-0.1, -0.05) is 19.3 Å². The van der Waals surface area contributed by atoms with Crippen LogP contribution in [0.25, 0.3) is 0 Å². The molecule has 1 aliphatic carbocycles. The molecule has 1 saturated carbocycles. The molecule has 0 radical (unpaired) electrons. The molecule has 116 valence electrons. The Hall–Kier alpha value is -1.49. The fourth-order valence-electron chi connectivity index (χ4n) is 2.88. The van der Waals surface area contributed by atoms with Crippen LogP contribution in [0.1, 0.15) is 37.7 Å². The molecule has 2 rings (SSSR count). The molecular formula is C16H22F2N2O. The van der Waals surface area contributed by atoms with Gasteiger partial charge in [0, 0.05) is 18.7 Å². The van der Waals surface area contributed by atoms with Crippen molar-refractivity contribution in [3.63, 3.8) is 0 Å². The first-order chi connectivity index (χ1) is 10.1. The lowest BCUT2D eigenvalue weighted by Gasteiger charge is -2.20. The maximum absolute atomic E-state index is 13.1. The van der Waals surface area contributed by atoms with Crippen molar-refractivity contribution in [2.75, 3.05) is 6.54 Å². The van der Waals surface area contributed by atoms with E-state index in [-0.39, 0.29) is 17.9 Å². The van der Waals surface area contributed by atoms with E-state index in [1.165, 1.54) is 12.1 Å². The summed E-state index contributed by atoms with van der Waals surface area (Å²) in [6.07, 6.45) is 5.34. The summed E-state index contributed by atoms with van der Waals surface area (Å²) in [6.45, 7) is 0.366. The van der Waals surface area contributed by atoms with Crippen LogP contribution in [0.5, 0.6) is 0 Å². The molecule has 0 aliphatic heterocycles. The molecule has 0 heterocycles. The zero-order valence-electron chi connectivity index (χ0n) is 12.1. The van der Waals surface area contributed by atoms with E-state index in [4.69, 9.17) is 5.73 Å². The van der Waals surface area contributed by atoms with Gasteiger partial charge < -0.3 is 11.1 Å². The number of carbonyl (C=O) groups excluding carboxylic acids is 1. The van der Waals surface area contributed by atoms with Crippen LogP contribution in [-0.4, -0.2) is 18.5 Å². The van der Waals surface area contributed by atoms with Crippen LogP contribution in [-0.2, 0) is 11.2 Å². The van der Waals surface area contributed by atoms with Crippen molar-refractivity contribution >= 4 is 5.91 Å². The summed E-state index contributed by atoms with van der Waals surface area (Å²) in [5.41, 5.74) is 6.58. The van der Waals surface area contributed by atoms with Gasteiger partial charge in [-0.25, -0.2) is 8.78 Å². The predicted molar refractivity (Wildman–Crippen MR) is 77.6 cm³/mol. The normalized spacial score (nSPS) is 22.6. The van der Waals surface area contributed by atoms with Crippen LogP contribution < -0.4 is 11.1 Å². The van der Waals surface area contributed by atoms with E-state index in [9.17, 15) is 13.6 Å². The lowest BCUT2D eigenvalue weighted by molar-refractivity contribution is -0.125. The topological polar surface area (TPSA) is 55.1 Å². The fourth-order valence-corrected chi connectivity index (χ4v) is 2.88. The monoisotopic (exact) mass is 296 g/mol. The molecule has 3 N–H and O–H groups in total. The SMILES string of the molecule is NC1CCCCCC1C(=O)NCCc1cc(F)cc(F)c1. The summed E-state index contributed by atoms with van der Waals surface area (Å²) < 4.78 is 26.1. The van der Waals surface area contributed by atoms with E-state index in [0.717, 1.165) is 38.2 Å².